The quantitative estimate of drug-likeness (QED) is 0.872. The van der Waals surface area contributed by atoms with Gasteiger partial charge in [-0.2, -0.15) is 0 Å². The number of anilines is 1. The molecular formula is C19H30N2. The molecule has 2 nitrogen and oxygen atoms in total. The third kappa shape index (κ3) is 3.60. The molecule has 0 spiro atoms. The lowest BCUT2D eigenvalue weighted by molar-refractivity contribution is 0.246. The zero-order valence-electron chi connectivity index (χ0n) is 13.5. The van der Waals surface area contributed by atoms with Gasteiger partial charge in [-0.15, -0.1) is 0 Å². The van der Waals surface area contributed by atoms with Crippen molar-refractivity contribution in [2.24, 2.45) is 5.41 Å². The summed E-state index contributed by atoms with van der Waals surface area (Å²) in [6, 6.07) is 11.6. The van der Waals surface area contributed by atoms with E-state index in [1.165, 1.54) is 70.3 Å². The van der Waals surface area contributed by atoms with Crippen molar-refractivity contribution in [1.29, 1.82) is 0 Å². The Morgan fingerprint density at radius 3 is 2.38 bits per heavy atom. The van der Waals surface area contributed by atoms with Gasteiger partial charge in [0.05, 0.1) is 0 Å². The summed E-state index contributed by atoms with van der Waals surface area (Å²) in [6.07, 6.45) is 9.70. The van der Waals surface area contributed by atoms with Crippen molar-refractivity contribution in [3.63, 3.8) is 0 Å². The summed E-state index contributed by atoms with van der Waals surface area (Å²) < 4.78 is 0. The molecule has 0 aromatic heterocycles. The van der Waals surface area contributed by atoms with Crippen molar-refractivity contribution < 1.29 is 0 Å². The minimum absolute atomic E-state index is 0.622. The van der Waals surface area contributed by atoms with Crippen molar-refractivity contribution in [1.82, 2.24) is 5.32 Å². The zero-order chi connectivity index (χ0) is 14.5. The Bertz CT molecular complexity index is 414. The summed E-state index contributed by atoms with van der Waals surface area (Å²) >= 11 is 0. The molecule has 1 aromatic carbocycles. The monoisotopic (exact) mass is 286 g/mol. The maximum atomic E-state index is 3.90. The van der Waals surface area contributed by atoms with Crippen LogP contribution in [0, 0.1) is 5.41 Å². The van der Waals surface area contributed by atoms with Gasteiger partial charge in [-0.25, -0.2) is 0 Å². The molecule has 116 valence electrons. The van der Waals surface area contributed by atoms with Gasteiger partial charge in [-0.05, 0) is 49.7 Å². The standard InChI is InChI=1S/C19H30N2/c1-2-19(12-6-7-13-19)16-20-17-10-14-21(15-11-17)18-8-4-3-5-9-18/h3-5,8-9,17,20H,2,6-7,10-16H2,1H3. The van der Waals surface area contributed by atoms with Crippen LogP contribution in [0.5, 0.6) is 0 Å². The molecule has 0 unspecified atom stereocenters. The maximum absolute atomic E-state index is 3.90. The van der Waals surface area contributed by atoms with Crippen molar-refractivity contribution in [2.45, 2.75) is 57.9 Å². The van der Waals surface area contributed by atoms with Crippen LogP contribution in [0.4, 0.5) is 5.69 Å². The Balaban J connectivity index is 1.46. The molecule has 1 N–H and O–H groups in total. The average molecular weight is 286 g/mol. The molecule has 1 saturated heterocycles. The van der Waals surface area contributed by atoms with Gasteiger partial charge in [0.2, 0.25) is 0 Å². The molecule has 2 heteroatoms. The molecular weight excluding hydrogens is 256 g/mol. The number of benzene rings is 1. The van der Waals surface area contributed by atoms with E-state index in [2.05, 4.69) is 47.5 Å². The second-order valence-electron chi connectivity index (χ2n) is 7.04. The van der Waals surface area contributed by atoms with Crippen molar-refractivity contribution in [3.8, 4) is 0 Å². The molecule has 0 bridgehead atoms. The summed E-state index contributed by atoms with van der Waals surface area (Å²) in [6.45, 7) is 6.02. The van der Waals surface area contributed by atoms with Crippen LogP contribution in [-0.2, 0) is 0 Å². The molecule has 1 saturated carbocycles. The summed E-state index contributed by atoms with van der Waals surface area (Å²) in [5, 5.41) is 3.90. The second kappa shape index (κ2) is 6.83. The minimum atomic E-state index is 0.622. The zero-order valence-corrected chi connectivity index (χ0v) is 13.5. The van der Waals surface area contributed by atoms with Crippen LogP contribution in [0.1, 0.15) is 51.9 Å². The van der Waals surface area contributed by atoms with Crippen LogP contribution in [0.3, 0.4) is 0 Å². The fourth-order valence-electron chi connectivity index (χ4n) is 4.12. The number of piperidine rings is 1. The first kappa shape index (κ1) is 14.9. The first-order chi connectivity index (χ1) is 10.3. The lowest BCUT2D eigenvalue weighted by Gasteiger charge is -2.36. The van der Waals surface area contributed by atoms with Crippen LogP contribution in [-0.4, -0.2) is 25.7 Å². The maximum Gasteiger partial charge on any atom is 0.0366 e. The Morgan fingerprint density at radius 2 is 1.76 bits per heavy atom. The second-order valence-corrected chi connectivity index (χ2v) is 7.04. The van der Waals surface area contributed by atoms with Gasteiger partial charge in [-0.1, -0.05) is 38.0 Å². The minimum Gasteiger partial charge on any atom is -0.371 e. The molecule has 2 aliphatic rings. The van der Waals surface area contributed by atoms with Crippen molar-refractivity contribution in [3.05, 3.63) is 30.3 Å². The molecule has 0 amide bonds. The highest BCUT2D eigenvalue weighted by atomic mass is 15.1. The van der Waals surface area contributed by atoms with E-state index in [0.29, 0.717) is 5.41 Å². The third-order valence-electron chi connectivity index (χ3n) is 5.80. The molecule has 1 aliphatic heterocycles. The normalized spacial score (nSPS) is 22.6. The highest BCUT2D eigenvalue weighted by Gasteiger charge is 2.32. The Labute approximate surface area is 129 Å². The van der Waals surface area contributed by atoms with E-state index in [0.717, 1.165) is 6.04 Å². The van der Waals surface area contributed by atoms with Gasteiger partial charge >= 0.3 is 0 Å². The van der Waals surface area contributed by atoms with E-state index < -0.39 is 0 Å². The van der Waals surface area contributed by atoms with Gasteiger partial charge in [0.15, 0.2) is 0 Å². The van der Waals surface area contributed by atoms with Gasteiger partial charge in [0.25, 0.3) is 0 Å². The molecule has 0 atom stereocenters. The number of nitrogens with one attached hydrogen (secondary N) is 1. The Hall–Kier alpha value is -1.02. The summed E-state index contributed by atoms with van der Waals surface area (Å²) in [5.74, 6) is 0. The third-order valence-corrected chi connectivity index (χ3v) is 5.80. The van der Waals surface area contributed by atoms with Gasteiger partial charge in [0, 0.05) is 31.4 Å². The van der Waals surface area contributed by atoms with Crippen LogP contribution in [0.25, 0.3) is 0 Å². The molecule has 2 fully saturated rings. The summed E-state index contributed by atoms with van der Waals surface area (Å²) in [7, 11) is 0. The van der Waals surface area contributed by atoms with E-state index in [-0.39, 0.29) is 0 Å². The average Bonchev–Trinajstić information content (AvgIpc) is 3.04. The first-order valence-corrected chi connectivity index (χ1v) is 8.85. The molecule has 21 heavy (non-hydrogen) atoms. The fourth-order valence-corrected chi connectivity index (χ4v) is 4.12. The van der Waals surface area contributed by atoms with Crippen LogP contribution in [0.15, 0.2) is 30.3 Å². The fraction of sp³-hybridized carbons (Fsp3) is 0.684. The van der Waals surface area contributed by atoms with E-state index in [1.54, 1.807) is 0 Å². The predicted octanol–water partition coefficient (Wildman–Crippen LogP) is 4.22. The topological polar surface area (TPSA) is 15.3 Å². The molecule has 1 aromatic rings. The number of hydrogen-bond acceptors (Lipinski definition) is 2. The lowest BCUT2D eigenvalue weighted by Crippen LogP contribution is -2.45. The van der Waals surface area contributed by atoms with E-state index in [9.17, 15) is 0 Å². The predicted molar refractivity (Wildman–Crippen MR) is 90.9 cm³/mol. The number of nitrogens with zero attached hydrogens (tertiary/aromatic N) is 1. The highest BCUT2D eigenvalue weighted by molar-refractivity contribution is 5.46. The SMILES string of the molecule is CCC1(CNC2CCN(c3ccccc3)CC2)CCCC1. The molecule has 1 heterocycles. The number of para-hydroxylation sites is 1. The van der Waals surface area contributed by atoms with Gasteiger partial charge < -0.3 is 10.2 Å². The van der Waals surface area contributed by atoms with Crippen molar-refractivity contribution >= 4 is 5.69 Å². The highest BCUT2D eigenvalue weighted by Crippen LogP contribution is 2.40. The van der Waals surface area contributed by atoms with E-state index in [1.807, 2.05) is 0 Å². The lowest BCUT2D eigenvalue weighted by atomic mass is 9.83. The number of hydrogen-bond donors (Lipinski definition) is 1. The van der Waals surface area contributed by atoms with Gasteiger partial charge in [0.1, 0.15) is 0 Å². The largest absolute Gasteiger partial charge is 0.371 e. The van der Waals surface area contributed by atoms with Crippen molar-refractivity contribution in [2.75, 3.05) is 24.5 Å². The van der Waals surface area contributed by atoms with Gasteiger partial charge in [-0.3, -0.25) is 0 Å². The Morgan fingerprint density at radius 1 is 1.10 bits per heavy atom. The molecule has 1 aliphatic carbocycles. The summed E-state index contributed by atoms with van der Waals surface area (Å²) in [4.78, 5) is 2.53. The molecule has 0 radical (unpaired) electrons. The van der Waals surface area contributed by atoms with Crippen LogP contribution in [0.2, 0.25) is 0 Å². The molecule has 3 rings (SSSR count). The first-order valence-electron chi connectivity index (χ1n) is 8.85. The van der Waals surface area contributed by atoms with E-state index in [4.69, 9.17) is 0 Å². The summed E-state index contributed by atoms with van der Waals surface area (Å²) in [5.41, 5.74) is 2.01. The van der Waals surface area contributed by atoms with Crippen LogP contribution >= 0.6 is 0 Å². The number of rotatable bonds is 5. The van der Waals surface area contributed by atoms with E-state index >= 15 is 0 Å². The Kier molecular flexibility index (Phi) is 4.84. The smallest absolute Gasteiger partial charge is 0.0366 e. The van der Waals surface area contributed by atoms with Crippen LogP contribution < -0.4 is 10.2 Å².